The van der Waals surface area contributed by atoms with Crippen LogP contribution in [-0.2, 0) is 13.0 Å². The van der Waals surface area contributed by atoms with Crippen molar-refractivity contribution in [1.29, 1.82) is 0 Å². The topological polar surface area (TPSA) is 74.2 Å². The molecule has 2 amide bonds. The van der Waals surface area contributed by atoms with E-state index in [1.165, 1.54) is 4.88 Å². The van der Waals surface area contributed by atoms with Gasteiger partial charge in [-0.05, 0) is 12.0 Å². The van der Waals surface area contributed by atoms with Gasteiger partial charge < -0.3 is 15.7 Å². The second kappa shape index (κ2) is 7.75. The number of amides is 2. The van der Waals surface area contributed by atoms with Gasteiger partial charge in [-0.15, -0.1) is 11.3 Å². The van der Waals surface area contributed by atoms with Gasteiger partial charge in [0.1, 0.15) is 5.01 Å². The van der Waals surface area contributed by atoms with Crippen molar-refractivity contribution in [1.82, 2.24) is 15.6 Å². The molecule has 6 heteroatoms. The van der Waals surface area contributed by atoms with Crippen LogP contribution in [0.4, 0.5) is 4.79 Å². The van der Waals surface area contributed by atoms with E-state index in [1.807, 2.05) is 36.5 Å². The molecule has 3 N–H and O–H groups in total. The Morgan fingerprint density at radius 3 is 2.76 bits per heavy atom. The summed E-state index contributed by atoms with van der Waals surface area (Å²) in [4.78, 5) is 17.3. The average molecular weight is 305 g/mol. The highest BCUT2D eigenvalue weighted by Gasteiger charge is 2.13. The Morgan fingerprint density at radius 1 is 1.38 bits per heavy atom. The Hall–Kier alpha value is -1.92. The third kappa shape index (κ3) is 4.54. The quantitative estimate of drug-likeness (QED) is 0.766. The number of thiazole rings is 1. The summed E-state index contributed by atoms with van der Waals surface area (Å²) in [5.41, 5.74) is 0.873. The zero-order chi connectivity index (χ0) is 15.1. The third-order valence-electron chi connectivity index (χ3n) is 3.04. The van der Waals surface area contributed by atoms with Gasteiger partial charge in [0.05, 0.1) is 19.2 Å². The highest BCUT2D eigenvalue weighted by Crippen LogP contribution is 2.13. The van der Waals surface area contributed by atoms with Crippen molar-refractivity contribution in [2.24, 2.45) is 0 Å². The van der Waals surface area contributed by atoms with Crippen LogP contribution in [0.25, 0.3) is 0 Å². The number of nitrogens with one attached hydrogen (secondary N) is 2. The molecule has 0 aliphatic rings. The van der Waals surface area contributed by atoms with Crippen LogP contribution in [-0.4, -0.2) is 22.7 Å². The number of urea groups is 1. The summed E-state index contributed by atoms with van der Waals surface area (Å²) in [7, 11) is 0. The zero-order valence-corrected chi connectivity index (χ0v) is 12.7. The molecule has 0 aliphatic carbocycles. The first-order valence-corrected chi connectivity index (χ1v) is 7.68. The predicted octanol–water partition coefficient (Wildman–Crippen LogP) is 2.24. The maximum atomic E-state index is 11.9. The standard InChI is InChI=1S/C15H19N3O2S/c1-2-12-8-16-14(21-12)9-17-15(20)18-13(10-19)11-6-4-3-5-7-11/h3-8,13,19H,2,9-10H2,1H3,(H2,17,18,20). The lowest BCUT2D eigenvalue weighted by Crippen LogP contribution is -2.38. The largest absolute Gasteiger partial charge is 0.394 e. The van der Waals surface area contributed by atoms with Crippen LogP contribution in [0, 0.1) is 0 Å². The molecule has 1 aromatic carbocycles. The molecule has 5 nitrogen and oxygen atoms in total. The first-order chi connectivity index (χ1) is 10.2. The van der Waals surface area contributed by atoms with E-state index in [-0.39, 0.29) is 12.6 Å². The Bertz CT molecular complexity index is 571. The van der Waals surface area contributed by atoms with Crippen LogP contribution in [0.3, 0.4) is 0 Å². The Balaban J connectivity index is 1.85. The first kappa shape index (κ1) is 15.5. The molecule has 1 atom stereocenters. The summed E-state index contributed by atoms with van der Waals surface area (Å²) in [6.07, 6.45) is 2.78. The molecular formula is C15H19N3O2S. The molecule has 2 aromatic rings. The van der Waals surface area contributed by atoms with Crippen molar-refractivity contribution < 1.29 is 9.90 Å². The number of rotatable bonds is 6. The number of benzene rings is 1. The van der Waals surface area contributed by atoms with Crippen molar-refractivity contribution in [2.45, 2.75) is 25.9 Å². The molecule has 21 heavy (non-hydrogen) atoms. The summed E-state index contributed by atoms with van der Waals surface area (Å²) >= 11 is 1.59. The van der Waals surface area contributed by atoms with Gasteiger partial charge in [0.25, 0.3) is 0 Å². The Kier molecular flexibility index (Phi) is 5.71. The number of hydrogen-bond acceptors (Lipinski definition) is 4. The van der Waals surface area contributed by atoms with E-state index in [9.17, 15) is 9.90 Å². The number of carbonyl (C=O) groups excluding carboxylic acids is 1. The number of hydrogen-bond donors (Lipinski definition) is 3. The molecule has 0 saturated carbocycles. The fourth-order valence-corrected chi connectivity index (χ4v) is 2.68. The molecule has 0 radical (unpaired) electrons. The summed E-state index contributed by atoms with van der Waals surface area (Å²) < 4.78 is 0. The lowest BCUT2D eigenvalue weighted by molar-refractivity contribution is 0.216. The molecule has 1 unspecified atom stereocenters. The number of aromatic nitrogens is 1. The van der Waals surface area contributed by atoms with Crippen molar-refractivity contribution in [3.8, 4) is 0 Å². The lowest BCUT2D eigenvalue weighted by atomic mass is 10.1. The summed E-state index contributed by atoms with van der Waals surface area (Å²) in [6.45, 7) is 2.32. The molecule has 1 aromatic heterocycles. The second-order valence-electron chi connectivity index (χ2n) is 4.55. The van der Waals surface area contributed by atoms with E-state index in [4.69, 9.17) is 0 Å². The summed E-state index contributed by atoms with van der Waals surface area (Å²) in [5, 5.41) is 15.8. The monoisotopic (exact) mass is 305 g/mol. The van der Waals surface area contributed by atoms with Crippen LogP contribution >= 0.6 is 11.3 Å². The third-order valence-corrected chi connectivity index (χ3v) is 4.18. The van der Waals surface area contributed by atoms with Gasteiger partial charge >= 0.3 is 6.03 Å². The lowest BCUT2D eigenvalue weighted by Gasteiger charge is -2.16. The van der Waals surface area contributed by atoms with E-state index in [0.717, 1.165) is 17.0 Å². The van der Waals surface area contributed by atoms with Crippen molar-refractivity contribution in [3.05, 3.63) is 52.0 Å². The van der Waals surface area contributed by atoms with Crippen molar-refractivity contribution in [3.63, 3.8) is 0 Å². The highest BCUT2D eigenvalue weighted by molar-refractivity contribution is 7.11. The molecule has 0 saturated heterocycles. The number of aryl methyl sites for hydroxylation is 1. The number of aliphatic hydroxyl groups is 1. The normalized spacial score (nSPS) is 11.9. The van der Waals surface area contributed by atoms with E-state index >= 15 is 0 Å². The second-order valence-corrected chi connectivity index (χ2v) is 5.75. The Labute approximate surface area is 128 Å². The van der Waals surface area contributed by atoms with Gasteiger partial charge in [-0.2, -0.15) is 0 Å². The maximum absolute atomic E-state index is 11.9. The molecule has 1 heterocycles. The van der Waals surface area contributed by atoms with E-state index in [2.05, 4.69) is 22.5 Å². The molecule has 0 fully saturated rings. The number of nitrogens with zero attached hydrogens (tertiary/aromatic N) is 1. The molecule has 0 aliphatic heterocycles. The minimum absolute atomic E-state index is 0.144. The minimum atomic E-state index is -0.409. The van der Waals surface area contributed by atoms with Gasteiger partial charge in [0.2, 0.25) is 0 Å². The highest BCUT2D eigenvalue weighted by atomic mass is 32.1. The van der Waals surface area contributed by atoms with Gasteiger partial charge in [-0.25, -0.2) is 9.78 Å². The fourth-order valence-electron chi connectivity index (χ4n) is 1.88. The van der Waals surface area contributed by atoms with Crippen LogP contribution in [0.1, 0.15) is 28.4 Å². The van der Waals surface area contributed by atoms with Crippen LogP contribution in [0.2, 0.25) is 0 Å². The van der Waals surface area contributed by atoms with Crippen LogP contribution < -0.4 is 10.6 Å². The maximum Gasteiger partial charge on any atom is 0.315 e. The average Bonchev–Trinajstić information content (AvgIpc) is 2.99. The van der Waals surface area contributed by atoms with Crippen molar-refractivity contribution >= 4 is 17.4 Å². The summed E-state index contributed by atoms with van der Waals surface area (Å²) in [5.74, 6) is 0. The molecule has 112 valence electrons. The van der Waals surface area contributed by atoms with E-state index in [0.29, 0.717) is 6.54 Å². The van der Waals surface area contributed by atoms with E-state index < -0.39 is 6.04 Å². The zero-order valence-electron chi connectivity index (χ0n) is 11.9. The predicted molar refractivity (Wildman–Crippen MR) is 83.1 cm³/mol. The minimum Gasteiger partial charge on any atom is -0.394 e. The molecular weight excluding hydrogens is 286 g/mol. The molecule has 0 bridgehead atoms. The SMILES string of the molecule is CCc1cnc(CNC(=O)NC(CO)c2ccccc2)s1. The fraction of sp³-hybridized carbons (Fsp3) is 0.333. The van der Waals surface area contributed by atoms with Crippen molar-refractivity contribution in [2.75, 3.05) is 6.61 Å². The summed E-state index contributed by atoms with van der Waals surface area (Å²) in [6, 6.07) is 8.66. The number of aliphatic hydroxyl groups excluding tert-OH is 1. The van der Waals surface area contributed by atoms with Gasteiger partial charge in [0.15, 0.2) is 0 Å². The first-order valence-electron chi connectivity index (χ1n) is 6.86. The van der Waals surface area contributed by atoms with Gasteiger partial charge in [-0.3, -0.25) is 0 Å². The smallest absolute Gasteiger partial charge is 0.315 e. The Morgan fingerprint density at radius 2 is 2.14 bits per heavy atom. The van der Waals surface area contributed by atoms with E-state index in [1.54, 1.807) is 11.3 Å². The molecule has 2 rings (SSSR count). The van der Waals surface area contributed by atoms with Gasteiger partial charge in [-0.1, -0.05) is 37.3 Å². The molecule has 0 spiro atoms. The van der Waals surface area contributed by atoms with Crippen LogP contribution in [0.15, 0.2) is 36.5 Å². The van der Waals surface area contributed by atoms with Crippen LogP contribution in [0.5, 0.6) is 0 Å². The number of carbonyl (C=O) groups is 1. The van der Waals surface area contributed by atoms with Gasteiger partial charge in [0, 0.05) is 11.1 Å².